The fraction of sp³-hybridized carbons (Fsp3) is 0.227. The van der Waals surface area contributed by atoms with Crippen LogP contribution < -0.4 is 15.8 Å². The van der Waals surface area contributed by atoms with E-state index < -0.39 is 16.1 Å². The van der Waals surface area contributed by atoms with Crippen molar-refractivity contribution >= 4 is 32.3 Å². The van der Waals surface area contributed by atoms with E-state index in [0.717, 1.165) is 20.8 Å². The average molecular weight is 443 g/mol. The molecule has 3 aromatic carbocycles. The number of amidine groups is 1. The van der Waals surface area contributed by atoms with Crippen molar-refractivity contribution in [3.63, 3.8) is 0 Å². The number of nitrogens with one attached hydrogen (secondary N) is 2. The van der Waals surface area contributed by atoms with E-state index in [0.29, 0.717) is 11.3 Å². The number of sulfonamides is 1. The molecule has 1 unspecified atom stereocenters. The van der Waals surface area contributed by atoms with E-state index in [2.05, 4.69) is 5.32 Å². The number of rotatable bonds is 9. The minimum absolute atomic E-state index is 0.0226. The zero-order chi connectivity index (χ0) is 22.6. The van der Waals surface area contributed by atoms with Gasteiger partial charge in [0.15, 0.2) is 0 Å². The maximum absolute atomic E-state index is 13.0. The summed E-state index contributed by atoms with van der Waals surface area (Å²) < 4.78 is 32.3. The molecule has 0 aliphatic heterocycles. The number of anilines is 1. The standard InChI is InChI=1S/C22H26N4O4S/c1-26(14-19(27)13-25-18-7-3-16(4-8-18)22(23)24)31(28,29)21-10-6-15-5-9-20(30-2)11-17(15)12-21/h3-12,19,25,27H,13-14H2,1-2H3,(H3,23,24). The van der Waals surface area contributed by atoms with Crippen molar-refractivity contribution in [2.24, 2.45) is 5.73 Å². The Kier molecular flexibility index (Phi) is 6.79. The number of nitrogens with zero attached hydrogens (tertiary/aromatic N) is 1. The second-order valence-corrected chi connectivity index (χ2v) is 9.23. The lowest BCUT2D eigenvalue weighted by molar-refractivity contribution is 0.164. The smallest absolute Gasteiger partial charge is 0.242 e. The normalized spacial score (nSPS) is 12.6. The summed E-state index contributed by atoms with van der Waals surface area (Å²) in [5.74, 6) is 0.624. The molecule has 3 rings (SSSR count). The molecule has 0 aliphatic rings. The van der Waals surface area contributed by atoms with Gasteiger partial charge in [-0.05, 0) is 59.3 Å². The highest BCUT2D eigenvalue weighted by Crippen LogP contribution is 2.25. The molecule has 0 bridgehead atoms. The highest BCUT2D eigenvalue weighted by atomic mass is 32.2. The average Bonchev–Trinajstić information content (AvgIpc) is 2.77. The summed E-state index contributed by atoms with van der Waals surface area (Å²) in [6, 6.07) is 17.3. The van der Waals surface area contributed by atoms with Gasteiger partial charge < -0.3 is 20.9 Å². The number of hydrogen-bond acceptors (Lipinski definition) is 6. The van der Waals surface area contributed by atoms with Gasteiger partial charge in [0.1, 0.15) is 11.6 Å². The van der Waals surface area contributed by atoms with Gasteiger partial charge in [0.2, 0.25) is 10.0 Å². The third-order valence-electron chi connectivity index (χ3n) is 4.93. The number of methoxy groups -OCH3 is 1. The van der Waals surface area contributed by atoms with Crippen LogP contribution in [0.3, 0.4) is 0 Å². The molecule has 164 valence electrons. The van der Waals surface area contributed by atoms with Gasteiger partial charge in [-0.2, -0.15) is 4.31 Å². The molecule has 3 aromatic rings. The fourth-order valence-electron chi connectivity index (χ4n) is 3.13. The van der Waals surface area contributed by atoms with Crippen molar-refractivity contribution < 1.29 is 18.3 Å². The van der Waals surface area contributed by atoms with Crippen molar-refractivity contribution in [3.8, 4) is 5.75 Å². The zero-order valence-electron chi connectivity index (χ0n) is 17.4. The van der Waals surface area contributed by atoms with E-state index in [1.807, 2.05) is 12.1 Å². The van der Waals surface area contributed by atoms with Crippen LogP contribution in [-0.2, 0) is 10.0 Å². The predicted octanol–water partition coefficient (Wildman–Crippen LogP) is 2.23. The van der Waals surface area contributed by atoms with Crippen LogP contribution in [-0.4, -0.2) is 57.0 Å². The van der Waals surface area contributed by atoms with Crippen molar-refractivity contribution in [1.82, 2.24) is 4.31 Å². The Morgan fingerprint density at radius 2 is 1.81 bits per heavy atom. The third kappa shape index (κ3) is 5.32. The van der Waals surface area contributed by atoms with Gasteiger partial charge in [0.25, 0.3) is 0 Å². The molecular formula is C22H26N4O4S. The van der Waals surface area contributed by atoms with Gasteiger partial charge in [0, 0.05) is 31.4 Å². The van der Waals surface area contributed by atoms with Gasteiger partial charge in [-0.15, -0.1) is 0 Å². The molecule has 0 amide bonds. The van der Waals surface area contributed by atoms with Crippen molar-refractivity contribution in [2.75, 3.05) is 32.6 Å². The van der Waals surface area contributed by atoms with Crippen LogP contribution >= 0.6 is 0 Å². The Hall–Kier alpha value is -3.14. The first-order valence-corrected chi connectivity index (χ1v) is 11.1. The number of hydrogen-bond donors (Lipinski definition) is 4. The van der Waals surface area contributed by atoms with E-state index in [4.69, 9.17) is 15.9 Å². The van der Waals surface area contributed by atoms with Crippen molar-refractivity contribution in [1.29, 1.82) is 5.41 Å². The van der Waals surface area contributed by atoms with Crippen molar-refractivity contribution in [3.05, 3.63) is 66.2 Å². The van der Waals surface area contributed by atoms with Gasteiger partial charge in [0.05, 0.1) is 18.1 Å². The number of aliphatic hydroxyl groups is 1. The minimum atomic E-state index is -3.78. The number of ether oxygens (including phenoxy) is 1. The highest BCUT2D eigenvalue weighted by molar-refractivity contribution is 7.89. The Labute approximate surface area is 181 Å². The van der Waals surface area contributed by atoms with Crippen LogP contribution in [0.25, 0.3) is 10.8 Å². The highest BCUT2D eigenvalue weighted by Gasteiger charge is 2.23. The first-order valence-electron chi connectivity index (χ1n) is 9.61. The molecule has 9 heteroatoms. The second kappa shape index (κ2) is 9.34. The lowest BCUT2D eigenvalue weighted by Crippen LogP contribution is -2.37. The van der Waals surface area contributed by atoms with Crippen molar-refractivity contribution in [2.45, 2.75) is 11.0 Å². The summed E-state index contributed by atoms with van der Waals surface area (Å²) in [7, 11) is -0.777. The summed E-state index contributed by atoms with van der Waals surface area (Å²) in [4.78, 5) is 0.149. The summed E-state index contributed by atoms with van der Waals surface area (Å²) in [5, 5.41) is 22.4. The topological polar surface area (TPSA) is 129 Å². The molecule has 1 atom stereocenters. The molecule has 0 saturated heterocycles. The summed E-state index contributed by atoms with van der Waals surface area (Å²) in [5.41, 5.74) is 6.76. The van der Waals surface area contributed by atoms with E-state index in [1.165, 1.54) is 7.05 Å². The maximum Gasteiger partial charge on any atom is 0.242 e. The van der Waals surface area contributed by atoms with Crippen LogP contribution in [0.15, 0.2) is 65.6 Å². The zero-order valence-corrected chi connectivity index (χ0v) is 18.2. The molecule has 0 aromatic heterocycles. The van der Waals surface area contributed by atoms with Crippen LogP contribution in [0.1, 0.15) is 5.56 Å². The molecule has 5 N–H and O–H groups in total. The lowest BCUT2D eigenvalue weighted by Gasteiger charge is -2.21. The van der Waals surface area contributed by atoms with E-state index >= 15 is 0 Å². The van der Waals surface area contributed by atoms with Crippen LogP contribution in [0.2, 0.25) is 0 Å². The monoisotopic (exact) mass is 442 g/mol. The molecule has 0 spiro atoms. The largest absolute Gasteiger partial charge is 0.497 e. The molecule has 0 fully saturated rings. The number of aliphatic hydroxyl groups excluding tert-OH is 1. The van der Waals surface area contributed by atoms with E-state index in [1.54, 1.807) is 55.6 Å². The van der Waals surface area contributed by atoms with E-state index in [9.17, 15) is 13.5 Å². The molecule has 0 saturated carbocycles. The predicted molar refractivity (Wildman–Crippen MR) is 122 cm³/mol. The SMILES string of the molecule is COc1ccc2ccc(S(=O)(=O)N(C)CC(O)CNc3ccc(C(=N)N)cc3)cc2c1. The number of nitrogens with two attached hydrogens (primary N) is 1. The van der Waals surface area contributed by atoms with Gasteiger partial charge >= 0.3 is 0 Å². The summed E-state index contributed by atoms with van der Waals surface area (Å²) in [6.45, 7) is 0.0885. The first kappa shape index (κ1) is 22.5. The molecule has 0 aliphatic carbocycles. The molecule has 0 heterocycles. The first-order chi connectivity index (χ1) is 14.7. The van der Waals surface area contributed by atoms with Gasteiger partial charge in [-0.1, -0.05) is 12.1 Å². The van der Waals surface area contributed by atoms with Gasteiger partial charge in [-0.25, -0.2) is 8.42 Å². The third-order valence-corrected chi connectivity index (χ3v) is 6.75. The second-order valence-electron chi connectivity index (χ2n) is 7.19. The number of nitrogen functional groups attached to an aromatic ring is 1. The lowest BCUT2D eigenvalue weighted by atomic mass is 10.1. The number of likely N-dealkylation sites (N-methyl/N-ethyl adjacent to an activating group) is 1. The molecular weight excluding hydrogens is 416 g/mol. The van der Waals surface area contributed by atoms with Crippen LogP contribution in [0, 0.1) is 5.41 Å². The Balaban J connectivity index is 1.66. The number of benzene rings is 3. The number of fused-ring (bicyclic) bond motifs is 1. The Morgan fingerprint density at radius 1 is 1.13 bits per heavy atom. The van der Waals surface area contributed by atoms with Crippen LogP contribution in [0.4, 0.5) is 5.69 Å². The Morgan fingerprint density at radius 3 is 2.45 bits per heavy atom. The minimum Gasteiger partial charge on any atom is -0.497 e. The quantitative estimate of drug-likeness (QED) is 0.297. The summed E-state index contributed by atoms with van der Waals surface area (Å²) >= 11 is 0. The van der Waals surface area contributed by atoms with Crippen LogP contribution in [0.5, 0.6) is 5.75 Å². The fourth-order valence-corrected chi connectivity index (χ4v) is 4.38. The molecule has 31 heavy (non-hydrogen) atoms. The van der Waals surface area contributed by atoms with E-state index in [-0.39, 0.29) is 23.8 Å². The molecule has 0 radical (unpaired) electrons. The van der Waals surface area contributed by atoms with Gasteiger partial charge in [-0.3, -0.25) is 5.41 Å². The summed E-state index contributed by atoms with van der Waals surface area (Å²) in [6.07, 6.45) is -0.923. The Bertz CT molecular complexity index is 1180. The molecule has 8 nitrogen and oxygen atoms in total. The maximum atomic E-state index is 13.0.